The SMILES string of the molecule is [C-]#[N+]c1cc(-c2c(F)cnc3cc(-c4ccc(C(=O)N(C)CCO)cc4C)oc23)ccc1NC1CCOCC1. The highest BCUT2D eigenvalue weighted by Gasteiger charge is 2.21. The van der Waals surface area contributed by atoms with E-state index in [1.807, 2.05) is 6.92 Å². The number of aromatic nitrogens is 1. The molecule has 0 aliphatic carbocycles. The number of aliphatic hydroxyl groups excluding tert-OH is 1. The van der Waals surface area contributed by atoms with Crippen molar-refractivity contribution in [1.82, 2.24) is 9.88 Å². The molecule has 0 bridgehead atoms. The highest BCUT2D eigenvalue weighted by Crippen LogP contribution is 2.39. The highest BCUT2D eigenvalue weighted by atomic mass is 19.1. The summed E-state index contributed by atoms with van der Waals surface area (Å²) in [6.07, 6.45) is 2.89. The van der Waals surface area contributed by atoms with Crippen molar-refractivity contribution in [1.29, 1.82) is 0 Å². The minimum atomic E-state index is -0.547. The van der Waals surface area contributed by atoms with Crippen molar-refractivity contribution in [3.05, 3.63) is 77.0 Å². The van der Waals surface area contributed by atoms with Crippen LogP contribution in [0.1, 0.15) is 28.8 Å². The Labute approximate surface area is 225 Å². The highest BCUT2D eigenvalue weighted by molar-refractivity contribution is 5.96. The fourth-order valence-electron chi connectivity index (χ4n) is 4.87. The van der Waals surface area contributed by atoms with E-state index in [-0.39, 0.29) is 36.2 Å². The number of nitrogens with one attached hydrogen (secondary N) is 1. The third-order valence-electron chi connectivity index (χ3n) is 7.00. The number of hydrogen-bond acceptors (Lipinski definition) is 6. The number of rotatable bonds is 7. The molecule has 0 unspecified atom stereocenters. The molecule has 1 aliphatic heterocycles. The predicted octanol–water partition coefficient (Wildman–Crippen LogP) is 5.82. The summed E-state index contributed by atoms with van der Waals surface area (Å²) in [5.74, 6) is -0.249. The van der Waals surface area contributed by atoms with E-state index in [9.17, 15) is 4.79 Å². The zero-order chi connectivity index (χ0) is 27.5. The van der Waals surface area contributed by atoms with Crippen LogP contribution in [0.4, 0.5) is 15.8 Å². The Balaban J connectivity index is 1.50. The molecule has 0 spiro atoms. The number of carbonyl (C=O) groups excluding carboxylic acids is 1. The Morgan fingerprint density at radius 1 is 1.23 bits per heavy atom. The number of amides is 1. The lowest BCUT2D eigenvalue weighted by Gasteiger charge is -2.25. The lowest BCUT2D eigenvalue weighted by Crippen LogP contribution is -2.29. The summed E-state index contributed by atoms with van der Waals surface area (Å²) in [5.41, 5.74) is 4.69. The maximum Gasteiger partial charge on any atom is 0.253 e. The van der Waals surface area contributed by atoms with Crippen LogP contribution in [0, 0.1) is 19.3 Å². The first-order valence-corrected chi connectivity index (χ1v) is 12.8. The third kappa shape index (κ3) is 5.35. The van der Waals surface area contributed by atoms with Crippen LogP contribution in [0.25, 0.3) is 38.4 Å². The Kier molecular flexibility index (Phi) is 7.59. The van der Waals surface area contributed by atoms with Gasteiger partial charge >= 0.3 is 0 Å². The molecular formula is C30H29FN4O4. The summed E-state index contributed by atoms with van der Waals surface area (Å²) in [4.78, 5) is 22.0. The van der Waals surface area contributed by atoms with Crippen LogP contribution in [0.5, 0.6) is 0 Å². The van der Waals surface area contributed by atoms with Crippen LogP contribution in [-0.2, 0) is 4.74 Å². The second kappa shape index (κ2) is 11.2. The third-order valence-corrected chi connectivity index (χ3v) is 7.00. The monoisotopic (exact) mass is 528 g/mol. The van der Waals surface area contributed by atoms with Crippen molar-refractivity contribution in [2.45, 2.75) is 25.8 Å². The second-order valence-electron chi connectivity index (χ2n) is 9.66. The number of furan rings is 1. The molecule has 2 aromatic carbocycles. The maximum absolute atomic E-state index is 15.2. The van der Waals surface area contributed by atoms with Crippen LogP contribution in [0.15, 0.2) is 53.1 Å². The van der Waals surface area contributed by atoms with Gasteiger partial charge < -0.3 is 24.5 Å². The minimum absolute atomic E-state index is 0.114. The first kappa shape index (κ1) is 26.4. The van der Waals surface area contributed by atoms with Crippen LogP contribution in [-0.4, -0.2) is 60.4 Å². The van der Waals surface area contributed by atoms with Crippen molar-refractivity contribution in [3.63, 3.8) is 0 Å². The number of carbonyl (C=O) groups is 1. The number of aliphatic hydroxyl groups is 1. The number of benzene rings is 2. The number of likely N-dealkylation sites (N-methyl/N-ethyl adjacent to an activating group) is 1. The van der Waals surface area contributed by atoms with Crippen molar-refractivity contribution in [2.75, 3.05) is 38.7 Å². The molecule has 8 nitrogen and oxygen atoms in total. The molecule has 0 saturated carbocycles. The molecule has 2 N–H and O–H groups in total. The average Bonchev–Trinajstić information content (AvgIpc) is 3.37. The van der Waals surface area contributed by atoms with E-state index in [0.29, 0.717) is 47.0 Å². The maximum atomic E-state index is 15.2. The molecule has 1 saturated heterocycles. The number of hydrogen-bond donors (Lipinski definition) is 2. The van der Waals surface area contributed by atoms with E-state index >= 15 is 4.39 Å². The van der Waals surface area contributed by atoms with Gasteiger partial charge in [0.25, 0.3) is 5.91 Å². The number of pyridine rings is 1. The molecule has 4 aromatic rings. The second-order valence-corrected chi connectivity index (χ2v) is 9.66. The van der Waals surface area contributed by atoms with Gasteiger partial charge in [0.1, 0.15) is 11.3 Å². The predicted molar refractivity (Wildman–Crippen MR) is 147 cm³/mol. The van der Waals surface area contributed by atoms with Gasteiger partial charge in [-0.3, -0.25) is 4.79 Å². The number of aryl methyl sites for hydroxylation is 1. The molecule has 1 amide bonds. The van der Waals surface area contributed by atoms with E-state index in [2.05, 4.69) is 15.1 Å². The average molecular weight is 529 g/mol. The van der Waals surface area contributed by atoms with Crippen molar-refractivity contribution >= 4 is 28.4 Å². The van der Waals surface area contributed by atoms with E-state index < -0.39 is 5.82 Å². The Hall–Kier alpha value is -4.26. The van der Waals surface area contributed by atoms with Gasteiger partial charge in [0.2, 0.25) is 5.69 Å². The number of fused-ring (bicyclic) bond motifs is 1. The zero-order valence-corrected chi connectivity index (χ0v) is 21.8. The van der Waals surface area contributed by atoms with Gasteiger partial charge in [0.15, 0.2) is 11.4 Å². The van der Waals surface area contributed by atoms with Gasteiger partial charge in [-0.2, -0.15) is 0 Å². The fraction of sp³-hybridized carbons (Fsp3) is 0.300. The van der Waals surface area contributed by atoms with Crippen LogP contribution < -0.4 is 5.32 Å². The van der Waals surface area contributed by atoms with E-state index in [4.69, 9.17) is 20.8 Å². The van der Waals surface area contributed by atoms with Crippen molar-refractivity contribution < 1.29 is 23.4 Å². The van der Waals surface area contributed by atoms with E-state index in [1.54, 1.807) is 49.5 Å². The topological polar surface area (TPSA) is 92.2 Å². The first-order chi connectivity index (χ1) is 18.9. The van der Waals surface area contributed by atoms with Crippen LogP contribution in [0.3, 0.4) is 0 Å². The van der Waals surface area contributed by atoms with Gasteiger partial charge in [-0.05, 0) is 55.2 Å². The van der Waals surface area contributed by atoms with Gasteiger partial charge in [0, 0.05) is 55.7 Å². The molecular weight excluding hydrogens is 499 g/mol. The lowest BCUT2D eigenvalue weighted by atomic mass is 10.0. The molecule has 1 fully saturated rings. The molecule has 1 aliphatic rings. The van der Waals surface area contributed by atoms with Gasteiger partial charge in [0.05, 0.1) is 24.9 Å². The summed E-state index contributed by atoms with van der Waals surface area (Å²) >= 11 is 0. The molecule has 200 valence electrons. The molecule has 0 radical (unpaired) electrons. The molecule has 9 heteroatoms. The number of anilines is 1. The summed E-state index contributed by atoms with van der Waals surface area (Å²) in [7, 11) is 1.63. The van der Waals surface area contributed by atoms with Crippen LogP contribution >= 0.6 is 0 Å². The van der Waals surface area contributed by atoms with Crippen LogP contribution in [0.2, 0.25) is 0 Å². The van der Waals surface area contributed by atoms with Crippen molar-refractivity contribution in [3.8, 4) is 22.5 Å². The van der Waals surface area contributed by atoms with Gasteiger partial charge in [-0.15, -0.1) is 0 Å². The number of nitrogens with zero attached hydrogens (tertiary/aromatic N) is 3. The molecule has 3 heterocycles. The normalized spacial score (nSPS) is 13.8. The summed E-state index contributed by atoms with van der Waals surface area (Å²) < 4.78 is 26.8. The molecule has 5 rings (SSSR count). The Morgan fingerprint density at radius 3 is 2.74 bits per heavy atom. The van der Waals surface area contributed by atoms with E-state index in [0.717, 1.165) is 30.2 Å². The zero-order valence-electron chi connectivity index (χ0n) is 21.8. The summed E-state index contributed by atoms with van der Waals surface area (Å²) in [6, 6.07) is 12.5. The minimum Gasteiger partial charge on any atom is -0.454 e. The van der Waals surface area contributed by atoms with Gasteiger partial charge in [-0.1, -0.05) is 12.1 Å². The fourth-order valence-corrected chi connectivity index (χ4v) is 4.87. The summed E-state index contributed by atoms with van der Waals surface area (Å²) in [6.45, 7) is 11.1. The van der Waals surface area contributed by atoms with Gasteiger partial charge in [-0.25, -0.2) is 14.2 Å². The van der Waals surface area contributed by atoms with E-state index in [1.165, 1.54) is 4.90 Å². The lowest BCUT2D eigenvalue weighted by molar-refractivity contribution is 0.0767. The largest absolute Gasteiger partial charge is 0.454 e. The molecule has 0 atom stereocenters. The standard InChI is InChI=1S/C30H29FN4O4/c1-18-14-20(30(37)35(3)10-11-36)4-6-22(18)27-16-26-29(39-27)28(23(31)17-33-26)19-5-7-24(25(15-19)32-2)34-21-8-12-38-13-9-21/h4-7,14-17,21,34,36H,8-13H2,1,3H3. The molecule has 39 heavy (non-hydrogen) atoms. The number of halogens is 1. The summed E-state index contributed by atoms with van der Waals surface area (Å²) in [5, 5.41) is 12.5. The Bertz CT molecular complexity index is 1570. The number of ether oxygens (including phenoxy) is 1. The molecule has 2 aromatic heterocycles. The smallest absolute Gasteiger partial charge is 0.253 e. The van der Waals surface area contributed by atoms with Crippen molar-refractivity contribution in [2.24, 2.45) is 0 Å². The Morgan fingerprint density at radius 2 is 2.03 bits per heavy atom. The first-order valence-electron chi connectivity index (χ1n) is 12.8. The quantitative estimate of drug-likeness (QED) is 0.294.